The van der Waals surface area contributed by atoms with Crippen molar-refractivity contribution in [2.75, 3.05) is 12.9 Å². The zero-order valence-electron chi connectivity index (χ0n) is 15.9. The van der Waals surface area contributed by atoms with E-state index in [0.29, 0.717) is 11.8 Å². The molecule has 1 aliphatic rings. The number of hydrogen-bond donors (Lipinski definition) is 1. The van der Waals surface area contributed by atoms with Crippen LogP contribution in [0.2, 0.25) is 0 Å². The molecule has 0 saturated heterocycles. The zero-order chi connectivity index (χ0) is 19.3. The van der Waals surface area contributed by atoms with E-state index in [9.17, 15) is 0 Å². The molecule has 27 heavy (non-hydrogen) atoms. The summed E-state index contributed by atoms with van der Waals surface area (Å²) in [4.78, 5) is 10.2. The summed E-state index contributed by atoms with van der Waals surface area (Å²) in [7, 11) is 1.65. The minimum Gasteiger partial charge on any atom is -0.497 e. The van der Waals surface area contributed by atoms with Gasteiger partial charge in [0.25, 0.3) is 0 Å². The second kappa shape index (κ2) is 8.48. The molecule has 1 heterocycles. The second-order valence-electron chi connectivity index (χ2n) is 6.70. The number of ether oxygens (including phenoxy) is 1. The van der Waals surface area contributed by atoms with Crippen LogP contribution in [0.4, 0.5) is 0 Å². The van der Waals surface area contributed by atoms with E-state index in [0.717, 1.165) is 40.3 Å². The van der Waals surface area contributed by atoms with Gasteiger partial charge in [-0.1, -0.05) is 47.2 Å². The average molecular weight is 384 g/mol. The number of thioether (sulfide) groups is 1. The third-order valence-corrected chi connectivity index (χ3v) is 5.49. The Morgan fingerprint density at radius 1 is 1.26 bits per heavy atom. The van der Waals surface area contributed by atoms with E-state index in [-0.39, 0.29) is 5.54 Å². The van der Waals surface area contributed by atoms with E-state index in [2.05, 4.69) is 29.2 Å². The van der Waals surface area contributed by atoms with Crippen molar-refractivity contribution in [3.8, 4) is 5.75 Å². The van der Waals surface area contributed by atoms with Crippen molar-refractivity contribution >= 4 is 22.6 Å². The molecule has 2 aromatic carbocycles. The fraction of sp³-hybridized carbons (Fsp3) is 0.333. The van der Waals surface area contributed by atoms with Crippen LogP contribution in [-0.2, 0) is 17.0 Å². The normalized spacial score (nSPS) is 20.1. The first kappa shape index (κ1) is 19.3. The Labute approximate surface area is 164 Å². The predicted molar refractivity (Wildman–Crippen MR) is 112 cm³/mol. The minimum absolute atomic E-state index is 0.282. The standard InChI is InChI=1S/C21H25N3O2S/c1-15(24-26-14-16-7-9-19(25-3)10-8-16)17-5-4-6-18(13-17)21(2)11-12-27-20(22)23-21/h4-10,13H,11-12,14H2,1-3H3,(H2,22,23)/b24-15+. The summed E-state index contributed by atoms with van der Waals surface area (Å²) in [5.74, 6) is 1.81. The summed E-state index contributed by atoms with van der Waals surface area (Å²) in [6.07, 6.45) is 0.964. The maximum Gasteiger partial charge on any atom is 0.154 e. The lowest BCUT2D eigenvalue weighted by Gasteiger charge is -2.30. The van der Waals surface area contributed by atoms with E-state index in [1.54, 1.807) is 18.9 Å². The molecule has 0 saturated carbocycles. The van der Waals surface area contributed by atoms with Gasteiger partial charge in [0.1, 0.15) is 12.4 Å². The molecule has 1 unspecified atom stereocenters. The highest BCUT2D eigenvalue weighted by atomic mass is 32.2. The molecule has 2 aromatic rings. The Morgan fingerprint density at radius 3 is 2.74 bits per heavy atom. The van der Waals surface area contributed by atoms with Crippen molar-refractivity contribution < 1.29 is 9.57 Å². The Balaban J connectivity index is 1.70. The number of methoxy groups -OCH3 is 1. The molecule has 0 radical (unpaired) electrons. The van der Waals surface area contributed by atoms with Gasteiger partial charge in [0.05, 0.1) is 18.4 Å². The minimum atomic E-state index is -0.282. The molecule has 1 aliphatic heterocycles. The highest BCUT2D eigenvalue weighted by Crippen LogP contribution is 2.35. The molecule has 0 amide bonds. The van der Waals surface area contributed by atoms with Crippen molar-refractivity contribution in [1.29, 1.82) is 0 Å². The fourth-order valence-corrected chi connectivity index (χ4v) is 3.93. The largest absolute Gasteiger partial charge is 0.497 e. The molecule has 0 bridgehead atoms. The van der Waals surface area contributed by atoms with Gasteiger partial charge >= 0.3 is 0 Å². The van der Waals surface area contributed by atoms with Crippen LogP contribution in [0.3, 0.4) is 0 Å². The highest BCUT2D eigenvalue weighted by molar-refractivity contribution is 8.13. The predicted octanol–water partition coefficient (Wildman–Crippen LogP) is 4.30. The van der Waals surface area contributed by atoms with Crippen molar-refractivity contribution in [2.45, 2.75) is 32.4 Å². The van der Waals surface area contributed by atoms with Gasteiger partial charge in [-0.2, -0.15) is 0 Å². The number of benzene rings is 2. The SMILES string of the molecule is COc1ccc(CO/N=C(\C)c2cccc(C3(C)CCSC(N)=N3)c2)cc1. The third-order valence-electron chi connectivity index (χ3n) is 4.69. The van der Waals surface area contributed by atoms with Gasteiger partial charge in [-0.3, -0.25) is 4.99 Å². The molecular formula is C21H25N3O2S. The van der Waals surface area contributed by atoms with Crippen molar-refractivity contribution in [3.63, 3.8) is 0 Å². The monoisotopic (exact) mass is 383 g/mol. The fourth-order valence-electron chi connectivity index (χ4n) is 2.95. The summed E-state index contributed by atoms with van der Waals surface area (Å²) in [6.45, 7) is 4.49. The lowest BCUT2D eigenvalue weighted by molar-refractivity contribution is 0.130. The van der Waals surface area contributed by atoms with Crippen LogP contribution in [0.15, 0.2) is 58.7 Å². The first-order valence-corrected chi connectivity index (χ1v) is 9.87. The summed E-state index contributed by atoms with van der Waals surface area (Å²) < 4.78 is 5.16. The molecule has 2 N–H and O–H groups in total. The molecule has 3 rings (SSSR count). The van der Waals surface area contributed by atoms with Crippen LogP contribution in [0, 0.1) is 0 Å². The number of nitrogens with two attached hydrogens (primary N) is 1. The van der Waals surface area contributed by atoms with Crippen LogP contribution in [0.5, 0.6) is 5.75 Å². The van der Waals surface area contributed by atoms with Gasteiger partial charge in [-0.25, -0.2) is 0 Å². The van der Waals surface area contributed by atoms with Crippen LogP contribution in [0.1, 0.15) is 37.0 Å². The lowest BCUT2D eigenvalue weighted by atomic mass is 9.88. The van der Waals surface area contributed by atoms with E-state index in [1.807, 2.05) is 43.3 Å². The van der Waals surface area contributed by atoms with Gasteiger partial charge in [0.2, 0.25) is 0 Å². The maximum atomic E-state index is 5.95. The quantitative estimate of drug-likeness (QED) is 0.596. The van der Waals surface area contributed by atoms with E-state index >= 15 is 0 Å². The topological polar surface area (TPSA) is 69.2 Å². The van der Waals surface area contributed by atoms with Crippen molar-refractivity contribution in [3.05, 3.63) is 65.2 Å². The highest BCUT2D eigenvalue weighted by Gasteiger charge is 2.29. The summed E-state index contributed by atoms with van der Waals surface area (Å²) in [5, 5.41) is 4.93. The second-order valence-corrected chi connectivity index (χ2v) is 7.82. The number of oxime groups is 1. The number of amidine groups is 1. The van der Waals surface area contributed by atoms with Gasteiger partial charge in [-0.15, -0.1) is 0 Å². The average Bonchev–Trinajstić information content (AvgIpc) is 2.68. The van der Waals surface area contributed by atoms with Gasteiger partial charge in [0.15, 0.2) is 5.17 Å². The third kappa shape index (κ3) is 4.83. The summed E-state index contributed by atoms with van der Waals surface area (Å²) in [5.41, 5.74) is 9.70. The van der Waals surface area contributed by atoms with E-state index < -0.39 is 0 Å². The Hall–Kier alpha value is -2.47. The van der Waals surface area contributed by atoms with Crippen molar-refractivity contribution in [1.82, 2.24) is 0 Å². The molecule has 1 atom stereocenters. The van der Waals surface area contributed by atoms with E-state index in [1.165, 1.54) is 0 Å². The van der Waals surface area contributed by atoms with Gasteiger partial charge in [0, 0.05) is 5.75 Å². The summed E-state index contributed by atoms with van der Waals surface area (Å²) >= 11 is 1.61. The number of nitrogens with zero attached hydrogens (tertiary/aromatic N) is 2. The molecule has 0 aliphatic carbocycles. The van der Waals surface area contributed by atoms with E-state index in [4.69, 9.17) is 15.3 Å². The molecule has 0 spiro atoms. The molecule has 0 aromatic heterocycles. The van der Waals surface area contributed by atoms with Crippen LogP contribution in [0.25, 0.3) is 0 Å². The van der Waals surface area contributed by atoms with Gasteiger partial charge < -0.3 is 15.3 Å². The first-order valence-electron chi connectivity index (χ1n) is 8.89. The number of aliphatic imine (C=N–C) groups is 1. The van der Waals surface area contributed by atoms with Crippen LogP contribution in [-0.4, -0.2) is 23.7 Å². The maximum absolute atomic E-state index is 5.95. The van der Waals surface area contributed by atoms with Gasteiger partial charge in [-0.05, 0) is 55.2 Å². The molecular weight excluding hydrogens is 358 g/mol. The van der Waals surface area contributed by atoms with Crippen LogP contribution < -0.4 is 10.5 Å². The Bertz CT molecular complexity index is 849. The molecule has 142 valence electrons. The number of rotatable bonds is 6. The number of hydrogen-bond acceptors (Lipinski definition) is 6. The Morgan fingerprint density at radius 2 is 2.04 bits per heavy atom. The lowest BCUT2D eigenvalue weighted by Crippen LogP contribution is -2.28. The first-order chi connectivity index (χ1) is 13.0. The summed E-state index contributed by atoms with van der Waals surface area (Å²) in [6, 6.07) is 16.1. The van der Waals surface area contributed by atoms with Crippen LogP contribution >= 0.6 is 11.8 Å². The zero-order valence-corrected chi connectivity index (χ0v) is 16.8. The Kier molecular flexibility index (Phi) is 6.06. The van der Waals surface area contributed by atoms with Crippen molar-refractivity contribution in [2.24, 2.45) is 15.9 Å². The molecule has 6 heteroatoms. The smallest absolute Gasteiger partial charge is 0.154 e. The molecule has 5 nitrogen and oxygen atoms in total. The molecule has 0 fully saturated rings.